The van der Waals surface area contributed by atoms with Crippen molar-refractivity contribution < 1.29 is 4.74 Å². The molecule has 108 valence electrons. The molecule has 5 heteroatoms. The molecular formula is C15H20BrN3O. The van der Waals surface area contributed by atoms with Gasteiger partial charge in [0.15, 0.2) is 0 Å². The summed E-state index contributed by atoms with van der Waals surface area (Å²) in [6, 6.07) is 8.38. The molecule has 1 atom stereocenters. The second kappa shape index (κ2) is 6.41. The van der Waals surface area contributed by atoms with Crippen molar-refractivity contribution in [2.75, 3.05) is 14.2 Å². The number of methoxy groups -OCH3 is 1. The standard InChI is InChI=1S/C15H20BrN3O/c1-10-7-15(19(3)18-10)14(17-2)9-11-8-12(20-4)5-6-13(11)16/h5-8,14,17H,9H2,1-4H3. The molecule has 2 aromatic rings. The fraction of sp³-hybridized carbons (Fsp3) is 0.400. The van der Waals surface area contributed by atoms with Gasteiger partial charge in [-0.15, -0.1) is 0 Å². The van der Waals surface area contributed by atoms with Crippen molar-refractivity contribution in [3.05, 3.63) is 45.7 Å². The zero-order chi connectivity index (χ0) is 14.7. The molecule has 20 heavy (non-hydrogen) atoms. The van der Waals surface area contributed by atoms with Crippen molar-refractivity contribution >= 4 is 15.9 Å². The first kappa shape index (κ1) is 15.1. The van der Waals surface area contributed by atoms with Crippen LogP contribution < -0.4 is 10.1 Å². The van der Waals surface area contributed by atoms with E-state index in [1.54, 1.807) is 7.11 Å². The van der Waals surface area contributed by atoms with Gasteiger partial charge in [0, 0.05) is 11.5 Å². The number of aryl methyl sites for hydroxylation is 2. The monoisotopic (exact) mass is 337 g/mol. The molecule has 0 radical (unpaired) electrons. The van der Waals surface area contributed by atoms with Crippen LogP contribution in [-0.4, -0.2) is 23.9 Å². The van der Waals surface area contributed by atoms with Gasteiger partial charge in [-0.25, -0.2) is 0 Å². The van der Waals surface area contributed by atoms with Crippen LogP contribution in [0.5, 0.6) is 5.75 Å². The summed E-state index contributed by atoms with van der Waals surface area (Å²) in [5, 5.41) is 7.78. The van der Waals surface area contributed by atoms with E-state index in [2.05, 4.69) is 38.5 Å². The van der Waals surface area contributed by atoms with Crippen LogP contribution in [0.15, 0.2) is 28.7 Å². The number of benzene rings is 1. The molecule has 0 aliphatic heterocycles. The number of aromatic nitrogens is 2. The van der Waals surface area contributed by atoms with Crippen molar-refractivity contribution in [1.29, 1.82) is 0 Å². The molecule has 0 aliphatic rings. The minimum absolute atomic E-state index is 0.213. The molecule has 0 fully saturated rings. The predicted molar refractivity (Wildman–Crippen MR) is 84.1 cm³/mol. The Hall–Kier alpha value is -1.33. The summed E-state index contributed by atoms with van der Waals surface area (Å²) in [6.45, 7) is 2.01. The molecule has 1 aromatic heterocycles. The van der Waals surface area contributed by atoms with Gasteiger partial charge in [0.05, 0.1) is 24.5 Å². The first-order valence-electron chi connectivity index (χ1n) is 6.55. The van der Waals surface area contributed by atoms with E-state index in [1.165, 1.54) is 11.3 Å². The highest BCUT2D eigenvalue weighted by atomic mass is 79.9. The molecule has 1 N–H and O–H groups in total. The summed E-state index contributed by atoms with van der Waals surface area (Å²) in [5.74, 6) is 0.874. The van der Waals surface area contributed by atoms with E-state index < -0.39 is 0 Å². The Labute approximate surface area is 128 Å². The number of halogens is 1. The average molecular weight is 338 g/mol. The lowest BCUT2D eigenvalue weighted by Crippen LogP contribution is -2.21. The Bertz CT molecular complexity index is 595. The van der Waals surface area contributed by atoms with Gasteiger partial charge in [0.1, 0.15) is 5.75 Å². The van der Waals surface area contributed by atoms with E-state index in [0.717, 1.165) is 22.3 Å². The van der Waals surface area contributed by atoms with E-state index in [1.807, 2.05) is 37.8 Å². The maximum atomic E-state index is 5.30. The predicted octanol–water partition coefficient (Wildman–Crippen LogP) is 3.00. The van der Waals surface area contributed by atoms with Gasteiger partial charge in [-0.1, -0.05) is 15.9 Å². The summed E-state index contributed by atoms with van der Waals surface area (Å²) >= 11 is 3.61. The Morgan fingerprint density at radius 1 is 1.40 bits per heavy atom. The number of nitrogens with one attached hydrogen (secondary N) is 1. The van der Waals surface area contributed by atoms with Gasteiger partial charge < -0.3 is 10.1 Å². The molecule has 1 heterocycles. The van der Waals surface area contributed by atoms with E-state index >= 15 is 0 Å². The first-order valence-corrected chi connectivity index (χ1v) is 7.34. The number of nitrogens with zero attached hydrogens (tertiary/aromatic N) is 2. The van der Waals surface area contributed by atoms with Crippen LogP contribution in [-0.2, 0) is 13.5 Å². The minimum atomic E-state index is 0.213. The third-order valence-electron chi connectivity index (χ3n) is 3.42. The van der Waals surface area contributed by atoms with Gasteiger partial charge in [-0.05, 0) is 50.2 Å². The van der Waals surface area contributed by atoms with Crippen LogP contribution in [0.1, 0.15) is 23.0 Å². The number of hydrogen-bond donors (Lipinski definition) is 1. The Morgan fingerprint density at radius 2 is 2.15 bits per heavy atom. The van der Waals surface area contributed by atoms with E-state index in [4.69, 9.17) is 4.74 Å². The summed E-state index contributed by atoms with van der Waals surface area (Å²) < 4.78 is 8.33. The highest BCUT2D eigenvalue weighted by molar-refractivity contribution is 9.10. The fourth-order valence-electron chi connectivity index (χ4n) is 2.37. The van der Waals surface area contributed by atoms with Gasteiger partial charge in [0.2, 0.25) is 0 Å². The van der Waals surface area contributed by atoms with Crippen LogP contribution >= 0.6 is 15.9 Å². The number of ether oxygens (including phenoxy) is 1. The molecule has 1 aromatic carbocycles. The lowest BCUT2D eigenvalue weighted by molar-refractivity contribution is 0.413. The van der Waals surface area contributed by atoms with Crippen LogP contribution in [0, 0.1) is 6.92 Å². The van der Waals surface area contributed by atoms with Crippen LogP contribution in [0.4, 0.5) is 0 Å². The highest BCUT2D eigenvalue weighted by Crippen LogP contribution is 2.27. The van der Waals surface area contributed by atoms with Crippen LogP contribution in [0.25, 0.3) is 0 Å². The zero-order valence-electron chi connectivity index (χ0n) is 12.3. The maximum absolute atomic E-state index is 5.30. The van der Waals surface area contributed by atoms with Gasteiger partial charge in [0.25, 0.3) is 0 Å². The second-order valence-electron chi connectivity index (χ2n) is 4.84. The maximum Gasteiger partial charge on any atom is 0.119 e. The van der Waals surface area contributed by atoms with Crippen LogP contribution in [0.3, 0.4) is 0 Å². The Morgan fingerprint density at radius 3 is 2.70 bits per heavy atom. The first-order chi connectivity index (χ1) is 9.55. The molecular weight excluding hydrogens is 318 g/mol. The molecule has 1 unspecified atom stereocenters. The lowest BCUT2D eigenvalue weighted by Gasteiger charge is -2.18. The number of hydrogen-bond acceptors (Lipinski definition) is 3. The molecule has 0 aliphatic carbocycles. The van der Waals surface area contributed by atoms with Crippen molar-refractivity contribution in [3.63, 3.8) is 0 Å². The molecule has 0 spiro atoms. The largest absolute Gasteiger partial charge is 0.497 e. The fourth-order valence-corrected chi connectivity index (χ4v) is 2.77. The molecule has 0 bridgehead atoms. The van der Waals surface area contributed by atoms with Crippen molar-refractivity contribution in [1.82, 2.24) is 15.1 Å². The third kappa shape index (κ3) is 3.22. The summed E-state index contributed by atoms with van der Waals surface area (Å²) in [7, 11) is 5.64. The second-order valence-corrected chi connectivity index (χ2v) is 5.69. The van der Waals surface area contributed by atoms with Crippen molar-refractivity contribution in [3.8, 4) is 5.75 Å². The van der Waals surface area contributed by atoms with E-state index in [-0.39, 0.29) is 6.04 Å². The molecule has 4 nitrogen and oxygen atoms in total. The van der Waals surface area contributed by atoms with Gasteiger partial charge in [-0.2, -0.15) is 5.10 Å². The zero-order valence-corrected chi connectivity index (χ0v) is 13.9. The quantitative estimate of drug-likeness (QED) is 0.911. The highest BCUT2D eigenvalue weighted by Gasteiger charge is 2.16. The van der Waals surface area contributed by atoms with E-state index in [0.29, 0.717) is 0 Å². The average Bonchev–Trinajstić information content (AvgIpc) is 2.76. The normalized spacial score (nSPS) is 12.4. The van der Waals surface area contributed by atoms with Crippen LogP contribution in [0.2, 0.25) is 0 Å². The smallest absolute Gasteiger partial charge is 0.119 e. The minimum Gasteiger partial charge on any atom is -0.497 e. The van der Waals surface area contributed by atoms with Crippen molar-refractivity contribution in [2.45, 2.75) is 19.4 Å². The Kier molecular flexibility index (Phi) is 4.83. The van der Waals surface area contributed by atoms with Crippen molar-refractivity contribution in [2.24, 2.45) is 7.05 Å². The molecule has 0 saturated heterocycles. The third-order valence-corrected chi connectivity index (χ3v) is 4.19. The van der Waals surface area contributed by atoms with Gasteiger partial charge >= 0.3 is 0 Å². The number of likely N-dealkylation sites (N-methyl/N-ethyl adjacent to an activating group) is 1. The van der Waals surface area contributed by atoms with E-state index in [9.17, 15) is 0 Å². The topological polar surface area (TPSA) is 39.1 Å². The molecule has 0 saturated carbocycles. The summed E-state index contributed by atoms with van der Waals surface area (Å²) in [5.41, 5.74) is 3.43. The Balaban J connectivity index is 2.28. The SMILES string of the molecule is CNC(Cc1cc(OC)ccc1Br)c1cc(C)nn1C. The summed E-state index contributed by atoms with van der Waals surface area (Å²) in [6.07, 6.45) is 0.868. The van der Waals surface area contributed by atoms with Gasteiger partial charge in [-0.3, -0.25) is 4.68 Å². The molecule has 2 rings (SSSR count). The lowest BCUT2D eigenvalue weighted by atomic mass is 10.0. The summed E-state index contributed by atoms with van der Waals surface area (Å²) in [4.78, 5) is 0. The number of rotatable bonds is 5. The molecule has 0 amide bonds.